The van der Waals surface area contributed by atoms with Crippen LogP contribution in [-0.4, -0.2) is 63.0 Å². The van der Waals surface area contributed by atoms with Gasteiger partial charge in [0.1, 0.15) is 12.6 Å². The van der Waals surface area contributed by atoms with E-state index in [9.17, 15) is 9.59 Å². The molecule has 8 nitrogen and oxygen atoms in total. The summed E-state index contributed by atoms with van der Waals surface area (Å²) in [5.74, 6) is 0.940. The van der Waals surface area contributed by atoms with Gasteiger partial charge in [-0.1, -0.05) is 6.07 Å². The summed E-state index contributed by atoms with van der Waals surface area (Å²) in [6, 6.07) is 4.72. The van der Waals surface area contributed by atoms with Gasteiger partial charge >= 0.3 is 6.09 Å². The highest BCUT2D eigenvalue weighted by Crippen LogP contribution is 2.29. The zero-order valence-electron chi connectivity index (χ0n) is 15.0. The summed E-state index contributed by atoms with van der Waals surface area (Å²) < 4.78 is 21.1. The molecule has 2 fully saturated rings. The predicted octanol–water partition coefficient (Wildman–Crippen LogP) is 1.32. The van der Waals surface area contributed by atoms with E-state index in [2.05, 4.69) is 5.32 Å². The van der Waals surface area contributed by atoms with Crippen LogP contribution in [0.1, 0.15) is 18.4 Å². The molecule has 3 rings (SSSR count). The van der Waals surface area contributed by atoms with E-state index in [1.54, 1.807) is 26.4 Å². The van der Waals surface area contributed by atoms with Gasteiger partial charge in [0.15, 0.2) is 11.5 Å². The lowest BCUT2D eigenvalue weighted by Crippen LogP contribution is -2.47. The number of benzene rings is 1. The van der Waals surface area contributed by atoms with Gasteiger partial charge < -0.3 is 24.3 Å². The first-order chi connectivity index (χ1) is 12.6. The fourth-order valence-corrected chi connectivity index (χ4v) is 3.16. The second kappa shape index (κ2) is 8.27. The molecule has 2 saturated heterocycles. The van der Waals surface area contributed by atoms with Crippen molar-refractivity contribution in [3.05, 3.63) is 23.8 Å². The maximum atomic E-state index is 12.5. The molecular weight excluding hydrogens is 340 g/mol. The van der Waals surface area contributed by atoms with Gasteiger partial charge in [0.05, 0.1) is 26.9 Å². The van der Waals surface area contributed by atoms with Gasteiger partial charge in [-0.05, 0) is 30.5 Å². The number of amides is 2. The molecule has 0 aromatic heterocycles. The van der Waals surface area contributed by atoms with E-state index in [0.29, 0.717) is 18.0 Å². The number of cyclic esters (lactones) is 1. The van der Waals surface area contributed by atoms with Crippen molar-refractivity contribution in [2.75, 3.05) is 34.0 Å². The average molecular weight is 364 g/mol. The monoisotopic (exact) mass is 364 g/mol. The number of methoxy groups -OCH3 is 2. The minimum absolute atomic E-state index is 0.0451. The third kappa shape index (κ3) is 4.01. The number of hydrogen-bond donors (Lipinski definition) is 1. The number of ether oxygens (including phenoxy) is 4. The van der Waals surface area contributed by atoms with E-state index in [0.717, 1.165) is 25.0 Å². The average Bonchev–Trinajstić information content (AvgIpc) is 3.30. The Kier molecular flexibility index (Phi) is 5.82. The smallest absolute Gasteiger partial charge is 0.410 e. The molecule has 0 bridgehead atoms. The molecule has 2 aliphatic heterocycles. The summed E-state index contributed by atoms with van der Waals surface area (Å²) in [7, 11) is 3.11. The Labute approximate surface area is 152 Å². The summed E-state index contributed by atoms with van der Waals surface area (Å²) in [6.07, 6.45) is 1.50. The molecule has 1 unspecified atom stereocenters. The largest absolute Gasteiger partial charge is 0.493 e. The maximum Gasteiger partial charge on any atom is 0.410 e. The number of hydrogen-bond acceptors (Lipinski definition) is 6. The highest BCUT2D eigenvalue weighted by molar-refractivity contribution is 5.87. The number of nitrogens with one attached hydrogen (secondary N) is 1. The lowest BCUT2D eigenvalue weighted by atomic mass is 10.1. The molecule has 2 heterocycles. The summed E-state index contributed by atoms with van der Waals surface area (Å²) in [4.78, 5) is 26.0. The van der Waals surface area contributed by atoms with Gasteiger partial charge in [-0.15, -0.1) is 0 Å². The van der Waals surface area contributed by atoms with Crippen molar-refractivity contribution in [2.45, 2.75) is 31.5 Å². The fraction of sp³-hybridized carbons (Fsp3) is 0.556. The molecule has 2 atom stereocenters. The summed E-state index contributed by atoms with van der Waals surface area (Å²) in [5, 5.41) is 2.86. The van der Waals surface area contributed by atoms with Crippen LogP contribution in [0.25, 0.3) is 0 Å². The molecule has 0 spiro atoms. The van der Waals surface area contributed by atoms with E-state index in [1.165, 1.54) is 4.90 Å². The van der Waals surface area contributed by atoms with Crippen molar-refractivity contribution in [3.8, 4) is 11.5 Å². The molecule has 2 aliphatic rings. The van der Waals surface area contributed by atoms with Crippen LogP contribution >= 0.6 is 0 Å². The van der Waals surface area contributed by atoms with Gasteiger partial charge in [-0.2, -0.15) is 0 Å². The first-order valence-corrected chi connectivity index (χ1v) is 8.66. The number of rotatable bonds is 7. The summed E-state index contributed by atoms with van der Waals surface area (Å²) >= 11 is 0. The van der Waals surface area contributed by atoms with Gasteiger partial charge in [0.2, 0.25) is 5.91 Å². The molecule has 1 aromatic rings. The summed E-state index contributed by atoms with van der Waals surface area (Å²) in [6.45, 7) is 1.48. The molecular formula is C18H24N2O6. The van der Waals surface area contributed by atoms with Crippen LogP contribution in [0.5, 0.6) is 11.5 Å². The van der Waals surface area contributed by atoms with E-state index < -0.39 is 12.1 Å². The van der Waals surface area contributed by atoms with Crippen LogP contribution in [0.4, 0.5) is 4.79 Å². The third-order valence-electron chi connectivity index (χ3n) is 4.61. The van der Waals surface area contributed by atoms with Crippen LogP contribution in [0.15, 0.2) is 18.2 Å². The van der Waals surface area contributed by atoms with Gasteiger partial charge in [0, 0.05) is 13.2 Å². The Bertz CT molecular complexity index is 659. The van der Waals surface area contributed by atoms with Crippen molar-refractivity contribution in [1.82, 2.24) is 10.2 Å². The Morgan fingerprint density at radius 2 is 2.12 bits per heavy atom. The molecule has 142 valence electrons. The standard InChI is InChI=1S/C18H24N2O6/c1-23-15-6-5-12(8-16(15)24-2)10-20-14(11-26-18(20)22)17(21)19-9-13-4-3-7-25-13/h5-6,8,13-14H,3-4,7,9-11H2,1-2H3,(H,19,21)/t13?,14-/m0/s1. The molecule has 0 aliphatic carbocycles. The van der Waals surface area contributed by atoms with Crippen LogP contribution in [0.3, 0.4) is 0 Å². The minimum atomic E-state index is -0.656. The van der Waals surface area contributed by atoms with E-state index >= 15 is 0 Å². The van der Waals surface area contributed by atoms with Crippen molar-refractivity contribution < 1.29 is 28.5 Å². The zero-order valence-corrected chi connectivity index (χ0v) is 15.0. The second-order valence-corrected chi connectivity index (χ2v) is 6.29. The van der Waals surface area contributed by atoms with Gasteiger partial charge in [-0.25, -0.2) is 4.79 Å². The molecule has 26 heavy (non-hydrogen) atoms. The first kappa shape index (κ1) is 18.3. The Hall–Kier alpha value is -2.48. The SMILES string of the molecule is COc1ccc(CN2C(=O)OC[C@H]2C(=O)NCC2CCCO2)cc1OC. The van der Waals surface area contributed by atoms with Crippen LogP contribution in [0.2, 0.25) is 0 Å². The lowest BCUT2D eigenvalue weighted by molar-refractivity contribution is -0.125. The molecule has 1 N–H and O–H groups in total. The van der Waals surface area contributed by atoms with Crippen LogP contribution in [0, 0.1) is 0 Å². The normalized spacial score (nSPS) is 22.2. The predicted molar refractivity (Wildman–Crippen MR) is 92.2 cm³/mol. The highest BCUT2D eigenvalue weighted by atomic mass is 16.6. The summed E-state index contributed by atoms with van der Waals surface area (Å²) in [5.41, 5.74) is 0.818. The zero-order chi connectivity index (χ0) is 18.5. The Morgan fingerprint density at radius 3 is 2.81 bits per heavy atom. The van der Waals surface area contributed by atoms with Crippen LogP contribution in [-0.2, 0) is 20.8 Å². The Balaban J connectivity index is 1.64. The molecule has 0 radical (unpaired) electrons. The van der Waals surface area contributed by atoms with Crippen molar-refractivity contribution in [2.24, 2.45) is 0 Å². The van der Waals surface area contributed by atoms with Gasteiger partial charge in [-0.3, -0.25) is 9.69 Å². The highest BCUT2D eigenvalue weighted by Gasteiger charge is 2.38. The van der Waals surface area contributed by atoms with Crippen molar-refractivity contribution in [3.63, 3.8) is 0 Å². The van der Waals surface area contributed by atoms with E-state index in [-0.39, 0.29) is 25.2 Å². The van der Waals surface area contributed by atoms with Crippen LogP contribution < -0.4 is 14.8 Å². The Morgan fingerprint density at radius 1 is 1.31 bits per heavy atom. The molecule has 8 heteroatoms. The minimum Gasteiger partial charge on any atom is -0.493 e. The number of carbonyl (C=O) groups excluding carboxylic acids is 2. The topological polar surface area (TPSA) is 86.3 Å². The quantitative estimate of drug-likeness (QED) is 0.785. The van der Waals surface area contributed by atoms with E-state index in [1.807, 2.05) is 6.07 Å². The number of nitrogens with zero attached hydrogens (tertiary/aromatic N) is 1. The first-order valence-electron chi connectivity index (χ1n) is 8.66. The molecule has 2 amide bonds. The van der Waals surface area contributed by atoms with Gasteiger partial charge in [0.25, 0.3) is 0 Å². The van der Waals surface area contributed by atoms with Crippen molar-refractivity contribution >= 4 is 12.0 Å². The molecule has 0 saturated carbocycles. The number of carbonyl (C=O) groups is 2. The fourth-order valence-electron chi connectivity index (χ4n) is 3.16. The van der Waals surface area contributed by atoms with Crippen molar-refractivity contribution in [1.29, 1.82) is 0 Å². The molecule has 1 aromatic carbocycles. The van der Waals surface area contributed by atoms with E-state index in [4.69, 9.17) is 18.9 Å². The maximum absolute atomic E-state index is 12.5. The second-order valence-electron chi connectivity index (χ2n) is 6.29. The lowest BCUT2D eigenvalue weighted by Gasteiger charge is -2.22. The third-order valence-corrected chi connectivity index (χ3v) is 4.61.